The summed E-state index contributed by atoms with van der Waals surface area (Å²) in [5.74, 6) is 1.05. The highest BCUT2D eigenvalue weighted by Gasteiger charge is 2.33. The molecular weight excluding hydrogens is 364 g/mol. The largest absolute Gasteiger partial charge is 0.493 e. The number of hydrogen-bond donors (Lipinski definition) is 0. The summed E-state index contributed by atoms with van der Waals surface area (Å²) in [6, 6.07) is 13.6. The Balaban J connectivity index is 1.34. The van der Waals surface area contributed by atoms with Gasteiger partial charge < -0.3 is 9.26 Å². The van der Waals surface area contributed by atoms with E-state index >= 15 is 0 Å². The number of aromatic nitrogens is 1. The van der Waals surface area contributed by atoms with Crippen LogP contribution in [0.4, 0.5) is 0 Å². The van der Waals surface area contributed by atoms with Crippen LogP contribution in [0.15, 0.2) is 47.0 Å². The van der Waals surface area contributed by atoms with Gasteiger partial charge >= 0.3 is 0 Å². The second-order valence-electron chi connectivity index (χ2n) is 7.19. The Kier molecular flexibility index (Phi) is 3.94. The van der Waals surface area contributed by atoms with E-state index in [1.54, 1.807) is 10.4 Å². The molecular formula is C20H20N2O4S. The number of benzene rings is 2. The van der Waals surface area contributed by atoms with Crippen molar-refractivity contribution < 1.29 is 17.7 Å². The summed E-state index contributed by atoms with van der Waals surface area (Å²) >= 11 is 0. The summed E-state index contributed by atoms with van der Waals surface area (Å²) in [5.41, 5.74) is 3.51. The van der Waals surface area contributed by atoms with Crippen LogP contribution in [-0.2, 0) is 22.2 Å². The van der Waals surface area contributed by atoms with Crippen LogP contribution in [0.25, 0.3) is 11.0 Å². The molecule has 0 aliphatic carbocycles. The van der Waals surface area contributed by atoms with Gasteiger partial charge in [-0.15, -0.1) is 0 Å². The number of para-hydroxylation sites is 1. The number of nitrogens with zero attached hydrogens (tertiary/aromatic N) is 2. The molecule has 0 N–H and O–H groups in total. The maximum atomic E-state index is 12.9. The van der Waals surface area contributed by atoms with E-state index in [0.717, 1.165) is 30.6 Å². The van der Waals surface area contributed by atoms with Gasteiger partial charge in [0, 0.05) is 24.9 Å². The highest BCUT2D eigenvalue weighted by Crippen LogP contribution is 2.34. The second-order valence-corrected chi connectivity index (χ2v) is 9.16. The Morgan fingerprint density at radius 1 is 1.19 bits per heavy atom. The number of sulfonamides is 1. The number of ether oxygens (including phenoxy) is 1. The first-order valence-corrected chi connectivity index (χ1v) is 10.8. The van der Waals surface area contributed by atoms with Crippen LogP contribution in [0.5, 0.6) is 5.75 Å². The Bertz CT molecular complexity index is 1110. The van der Waals surface area contributed by atoms with Crippen molar-refractivity contribution in [3.8, 4) is 5.75 Å². The fourth-order valence-corrected chi connectivity index (χ4v) is 5.55. The molecule has 27 heavy (non-hydrogen) atoms. The molecule has 1 saturated heterocycles. The van der Waals surface area contributed by atoms with Gasteiger partial charge in [-0.25, -0.2) is 12.7 Å². The minimum Gasteiger partial charge on any atom is -0.493 e. The zero-order valence-corrected chi connectivity index (χ0v) is 15.6. The van der Waals surface area contributed by atoms with Gasteiger partial charge in [0.15, 0.2) is 5.58 Å². The van der Waals surface area contributed by atoms with Crippen molar-refractivity contribution in [2.45, 2.75) is 24.5 Å². The van der Waals surface area contributed by atoms with Crippen molar-refractivity contribution in [3.63, 3.8) is 0 Å². The Morgan fingerprint density at radius 3 is 3.00 bits per heavy atom. The highest BCUT2D eigenvalue weighted by atomic mass is 32.2. The van der Waals surface area contributed by atoms with Gasteiger partial charge in [0.25, 0.3) is 0 Å². The van der Waals surface area contributed by atoms with Crippen molar-refractivity contribution in [2.75, 3.05) is 19.7 Å². The summed E-state index contributed by atoms with van der Waals surface area (Å²) in [6.45, 7) is 1.78. The lowest BCUT2D eigenvalue weighted by atomic mass is 9.96. The second kappa shape index (κ2) is 6.35. The summed E-state index contributed by atoms with van der Waals surface area (Å²) in [5, 5.41) is 4.73. The van der Waals surface area contributed by atoms with Gasteiger partial charge in [0.05, 0.1) is 6.61 Å². The smallest absolute Gasteiger partial charge is 0.220 e. The normalized spacial score (nSPS) is 20.1. The summed E-state index contributed by atoms with van der Waals surface area (Å²) < 4.78 is 38.3. The third kappa shape index (κ3) is 3.00. The van der Waals surface area contributed by atoms with E-state index in [2.05, 4.69) is 17.3 Å². The molecule has 0 saturated carbocycles. The fourth-order valence-electron chi connectivity index (χ4n) is 4.02. The van der Waals surface area contributed by atoms with Gasteiger partial charge in [-0.1, -0.05) is 29.4 Å². The lowest BCUT2D eigenvalue weighted by Gasteiger charge is -2.16. The van der Waals surface area contributed by atoms with Crippen molar-refractivity contribution in [1.82, 2.24) is 9.46 Å². The van der Waals surface area contributed by atoms with Crippen LogP contribution in [0.2, 0.25) is 0 Å². The fraction of sp³-hybridized carbons (Fsp3) is 0.350. The summed E-state index contributed by atoms with van der Waals surface area (Å²) in [6.07, 6.45) is 1.76. The molecule has 0 radical (unpaired) electrons. The van der Waals surface area contributed by atoms with Crippen molar-refractivity contribution in [3.05, 3.63) is 59.3 Å². The molecule has 2 aliphatic rings. The van der Waals surface area contributed by atoms with Crippen LogP contribution < -0.4 is 4.74 Å². The summed E-state index contributed by atoms with van der Waals surface area (Å²) in [4.78, 5) is 0. The number of rotatable bonds is 4. The zero-order chi connectivity index (χ0) is 18.4. The molecule has 6 nitrogen and oxygen atoms in total. The van der Waals surface area contributed by atoms with E-state index in [0.29, 0.717) is 24.4 Å². The molecule has 1 fully saturated rings. The maximum absolute atomic E-state index is 12.9. The molecule has 7 heteroatoms. The van der Waals surface area contributed by atoms with Gasteiger partial charge in [-0.05, 0) is 41.7 Å². The van der Waals surface area contributed by atoms with Gasteiger partial charge in [0.2, 0.25) is 10.0 Å². The predicted molar refractivity (Wildman–Crippen MR) is 101 cm³/mol. The van der Waals surface area contributed by atoms with Gasteiger partial charge in [-0.3, -0.25) is 0 Å². The average Bonchev–Trinajstić information content (AvgIpc) is 3.41. The molecule has 3 aromatic rings. The first kappa shape index (κ1) is 16.8. The molecule has 1 atom stereocenters. The van der Waals surface area contributed by atoms with Crippen molar-refractivity contribution in [2.24, 2.45) is 0 Å². The lowest BCUT2D eigenvalue weighted by Crippen LogP contribution is -2.30. The monoisotopic (exact) mass is 384 g/mol. The standard InChI is InChI=1S/C20H20N2O4S/c23-27(24,13-18-17-3-1-2-4-20(17)26-21-18)22-9-7-16(12-22)14-5-6-19-15(11-14)8-10-25-19/h1-6,11,16H,7-10,12-13H2. The van der Waals surface area contributed by atoms with Gasteiger partial charge in [0.1, 0.15) is 17.2 Å². The first-order chi connectivity index (χ1) is 13.1. The first-order valence-electron chi connectivity index (χ1n) is 9.17. The van der Waals surface area contributed by atoms with Crippen LogP contribution in [0.3, 0.4) is 0 Å². The molecule has 0 amide bonds. The molecule has 2 aliphatic heterocycles. The molecule has 1 unspecified atom stereocenters. The Hall–Kier alpha value is -2.38. The number of fused-ring (bicyclic) bond motifs is 2. The highest BCUT2D eigenvalue weighted by molar-refractivity contribution is 7.88. The number of hydrogen-bond acceptors (Lipinski definition) is 5. The van der Waals surface area contributed by atoms with Crippen molar-refractivity contribution in [1.29, 1.82) is 0 Å². The minimum atomic E-state index is -3.44. The molecule has 1 aromatic heterocycles. The van der Waals surface area contributed by atoms with E-state index < -0.39 is 10.0 Å². The Morgan fingerprint density at radius 2 is 2.07 bits per heavy atom. The van der Waals surface area contributed by atoms with Crippen LogP contribution in [-0.4, -0.2) is 37.6 Å². The van der Waals surface area contributed by atoms with Gasteiger partial charge in [-0.2, -0.15) is 0 Å². The molecule has 0 bridgehead atoms. The molecule has 140 valence electrons. The molecule has 3 heterocycles. The predicted octanol–water partition coefficient (Wildman–Crippen LogP) is 3.08. The zero-order valence-electron chi connectivity index (χ0n) is 14.8. The van der Waals surface area contributed by atoms with Crippen LogP contribution in [0.1, 0.15) is 29.2 Å². The third-order valence-corrected chi connectivity index (χ3v) is 7.26. The van der Waals surface area contributed by atoms with E-state index in [1.807, 2.05) is 24.3 Å². The molecule has 0 spiro atoms. The Labute approximate surface area is 157 Å². The average molecular weight is 384 g/mol. The van der Waals surface area contributed by atoms with Crippen LogP contribution in [0, 0.1) is 0 Å². The molecule has 2 aromatic carbocycles. The van der Waals surface area contributed by atoms with E-state index in [4.69, 9.17) is 9.26 Å². The lowest BCUT2D eigenvalue weighted by molar-refractivity contribution is 0.357. The topological polar surface area (TPSA) is 72.6 Å². The quantitative estimate of drug-likeness (QED) is 0.691. The van der Waals surface area contributed by atoms with E-state index in [-0.39, 0.29) is 11.7 Å². The van der Waals surface area contributed by atoms with E-state index in [9.17, 15) is 8.42 Å². The minimum absolute atomic E-state index is 0.130. The van der Waals surface area contributed by atoms with Crippen LogP contribution >= 0.6 is 0 Å². The maximum Gasteiger partial charge on any atom is 0.220 e. The van der Waals surface area contributed by atoms with Crippen molar-refractivity contribution >= 4 is 21.0 Å². The van der Waals surface area contributed by atoms with E-state index in [1.165, 1.54) is 11.1 Å². The molecule has 5 rings (SSSR count). The SMILES string of the molecule is O=S(=O)(Cc1noc2ccccc12)N1CCC(c2ccc3c(c2)CCO3)C1. The third-order valence-electron chi connectivity index (χ3n) is 5.50. The summed E-state index contributed by atoms with van der Waals surface area (Å²) in [7, 11) is -3.44.